The average molecular weight is 389 g/mol. The summed E-state index contributed by atoms with van der Waals surface area (Å²) in [4.78, 5) is 6.92. The van der Waals surface area contributed by atoms with Crippen LogP contribution in [0, 0.1) is 17.2 Å². The van der Waals surface area contributed by atoms with Crippen molar-refractivity contribution >= 4 is 5.96 Å². The van der Waals surface area contributed by atoms with Gasteiger partial charge in [-0.3, -0.25) is 9.89 Å². The lowest BCUT2D eigenvalue weighted by Gasteiger charge is -2.55. The molecule has 0 radical (unpaired) electrons. The predicted molar refractivity (Wildman–Crippen MR) is 110 cm³/mol. The van der Waals surface area contributed by atoms with Gasteiger partial charge in [0.1, 0.15) is 5.82 Å². The maximum Gasteiger partial charge on any atom is 0.191 e. The van der Waals surface area contributed by atoms with Gasteiger partial charge in [-0.15, -0.1) is 0 Å². The Bertz CT molecular complexity index is 697. The van der Waals surface area contributed by atoms with Crippen LogP contribution in [0.25, 0.3) is 0 Å². The number of rotatable bonds is 4. The van der Waals surface area contributed by atoms with Crippen LogP contribution in [-0.4, -0.2) is 55.8 Å². The van der Waals surface area contributed by atoms with Gasteiger partial charge < -0.3 is 15.4 Å². The van der Waals surface area contributed by atoms with Crippen LogP contribution in [0.2, 0.25) is 0 Å². The van der Waals surface area contributed by atoms with E-state index in [9.17, 15) is 4.39 Å². The first kappa shape index (κ1) is 19.6. The van der Waals surface area contributed by atoms with E-state index < -0.39 is 0 Å². The molecule has 2 saturated heterocycles. The van der Waals surface area contributed by atoms with Crippen LogP contribution in [0.4, 0.5) is 4.39 Å². The molecule has 3 atom stereocenters. The van der Waals surface area contributed by atoms with E-state index >= 15 is 0 Å². The Kier molecular flexibility index (Phi) is 5.61. The Hall–Kier alpha value is -1.66. The van der Waals surface area contributed by atoms with E-state index in [1.54, 1.807) is 12.1 Å². The maximum absolute atomic E-state index is 13.1. The second-order valence-corrected chi connectivity index (χ2v) is 9.08. The maximum atomic E-state index is 13.1. The molecule has 28 heavy (non-hydrogen) atoms. The van der Waals surface area contributed by atoms with Crippen molar-refractivity contribution in [1.29, 1.82) is 0 Å². The predicted octanol–water partition coefficient (Wildman–Crippen LogP) is 2.77. The quantitative estimate of drug-likeness (QED) is 0.615. The van der Waals surface area contributed by atoms with Crippen molar-refractivity contribution in [2.24, 2.45) is 16.3 Å². The minimum atomic E-state index is -0.171. The van der Waals surface area contributed by atoms with Crippen molar-refractivity contribution in [2.75, 3.05) is 26.7 Å². The number of aliphatic imine (C=N–C) groups is 1. The molecule has 1 aromatic rings. The summed E-state index contributed by atoms with van der Waals surface area (Å²) in [7, 11) is 1.85. The third-order valence-corrected chi connectivity index (χ3v) is 6.86. The van der Waals surface area contributed by atoms with Crippen LogP contribution >= 0.6 is 0 Å². The SMILES string of the molecule is CN=C(NC1CCN(Cc2ccc(F)cc2)CC1)NC1C2CCOC2C1(C)C. The Morgan fingerprint density at radius 2 is 1.89 bits per heavy atom. The van der Waals surface area contributed by atoms with E-state index in [-0.39, 0.29) is 11.2 Å². The van der Waals surface area contributed by atoms with Crippen LogP contribution in [0.3, 0.4) is 0 Å². The number of nitrogens with one attached hydrogen (secondary N) is 2. The van der Waals surface area contributed by atoms with Gasteiger partial charge in [-0.05, 0) is 37.0 Å². The first-order chi connectivity index (χ1) is 13.5. The summed E-state index contributed by atoms with van der Waals surface area (Å²) in [5.74, 6) is 1.35. The molecule has 2 N–H and O–H groups in total. The van der Waals surface area contributed by atoms with Gasteiger partial charge in [-0.1, -0.05) is 26.0 Å². The molecular weight excluding hydrogens is 355 g/mol. The lowest BCUT2D eigenvalue weighted by atomic mass is 9.57. The lowest BCUT2D eigenvalue weighted by molar-refractivity contribution is -0.106. The number of likely N-dealkylation sites (tertiary alicyclic amines) is 1. The van der Waals surface area contributed by atoms with Crippen LogP contribution in [-0.2, 0) is 11.3 Å². The number of nitrogens with zero attached hydrogens (tertiary/aromatic N) is 2. The summed E-state index contributed by atoms with van der Waals surface area (Å²) < 4.78 is 19.0. The summed E-state index contributed by atoms with van der Waals surface area (Å²) in [6.07, 6.45) is 3.71. The smallest absolute Gasteiger partial charge is 0.191 e. The van der Waals surface area contributed by atoms with Gasteiger partial charge in [-0.25, -0.2) is 4.39 Å². The Morgan fingerprint density at radius 1 is 1.18 bits per heavy atom. The fourth-order valence-electron chi connectivity index (χ4n) is 5.21. The molecule has 5 nitrogen and oxygen atoms in total. The summed E-state index contributed by atoms with van der Waals surface area (Å²) in [5.41, 5.74) is 1.32. The largest absolute Gasteiger partial charge is 0.377 e. The molecule has 154 valence electrons. The van der Waals surface area contributed by atoms with Crippen LogP contribution in [0.15, 0.2) is 29.3 Å². The van der Waals surface area contributed by atoms with Crippen molar-refractivity contribution < 1.29 is 9.13 Å². The molecule has 2 aliphatic heterocycles. The minimum absolute atomic E-state index is 0.150. The Balaban J connectivity index is 1.25. The third-order valence-electron chi connectivity index (χ3n) is 6.86. The standard InChI is InChI=1S/C22H33FN4O/c1-22(2)19(18-10-13-28-20(18)22)26-21(24-3)25-17-8-11-27(12-9-17)14-15-4-6-16(23)7-5-15/h4-7,17-20H,8-14H2,1-3H3,(H2,24,25,26). The van der Waals surface area contributed by atoms with Gasteiger partial charge >= 0.3 is 0 Å². The average Bonchev–Trinajstić information content (AvgIpc) is 3.15. The zero-order valence-electron chi connectivity index (χ0n) is 17.2. The van der Waals surface area contributed by atoms with Gasteiger partial charge in [0.15, 0.2) is 5.96 Å². The summed E-state index contributed by atoms with van der Waals surface area (Å²) in [5, 5.41) is 7.31. The molecule has 0 spiro atoms. The lowest BCUT2D eigenvalue weighted by Crippen LogP contribution is -2.68. The molecule has 1 saturated carbocycles. The number of fused-ring (bicyclic) bond motifs is 1. The molecule has 1 aliphatic carbocycles. The molecule has 3 unspecified atom stereocenters. The van der Waals surface area contributed by atoms with Crippen molar-refractivity contribution in [3.63, 3.8) is 0 Å². The highest BCUT2D eigenvalue weighted by molar-refractivity contribution is 5.80. The highest BCUT2D eigenvalue weighted by atomic mass is 19.1. The van der Waals surface area contributed by atoms with E-state index in [2.05, 4.69) is 34.4 Å². The van der Waals surface area contributed by atoms with Crippen LogP contribution in [0.5, 0.6) is 0 Å². The molecule has 3 fully saturated rings. The molecule has 0 amide bonds. The number of piperidine rings is 1. The second kappa shape index (κ2) is 7.99. The van der Waals surface area contributed by atoms with Crippen molar-refractivity contribution in [1.82, 2.24) is 15.5 Å². The number of ether oxygens (including phenoxy) is 1. The van der Waals surface area contributed by atoms with E-state index in [1.165, 1.54) is 5.56 Å². The molecule has 0 aromatic heterocycles. The number of guanidine groups is 1. The molecular formula is C22H33FN4O. The highest BCUT2D eigenvalue weighted by Crippen LogP contribution is 2.52. The monoisotopic (exact) mass is 388 g/mol. The van der Waals surface area contributed by atoms with Gasteiger partial charge in [0.25, 0.3) is 0 Å². The Labute approximate surface area is 167 Å². The molecule has 1 aromatic carbocycles. The zero-order valence-corrected chi connectivity index (χ0v) is 17.2. The van der Waals surface area contributed by atoms with Gasteiger partial charge in [-0.2, -0.15) is 0 Å². The first-order valence-corrected chi connectivity index (χ1v) is 10.6. The molecule has 0 bridgehead atoms. The van der Waals surface area contributed by atoms with Gasteiger partial charge in [0.2, 0.25) is 0 Å². The van der Waals surface area contributed by atoms with Gasteiger partial charge in [0, 0.05) is 56.7 Å². The van der Waals surface area contributed by atoms with E-state index in [0.29, 0.717) is 24.1 Å². The summed E-state index contributed by atoms with van der Waals surface area (Å²) >= 11 is 0. The summed E-state index contributed by atoms with van der Waals surface area (Å²) in [6.45, 7) is 8.44. The van der Waals surface area contributed by atoms with Crippen LogP contribution in [0.1, 0.15) is 38.7 Å². The Morgan fingerprint density at radius 3 is 2.57 bits per heavy atom. The van der Waals surface area contributed by atoms with E-state index in [0.717, 1.165) is 51.5 Å². The molecule has 3 aliphatic rings. The third kappa shape index (κ3) is 3.90. The normalized spacial score (nSPS) is 30.6. The highest BCUT2D eigenvalue weighted by Gasteiger charge is 2.59. The van der Waals surface area contributed by atoms with Crippen molar-refractivity contribution in [2.45, 2.75) is 57.8 Å². The first-order valence-electron chi connectivity index (χ1n) is 10.6. The molecule has 6 heteroatoms. The van der Waals surface area contributed by atoms with E-state index in [4.69, 9.17) is 4.74 Å². The van der Waals surface area contributed by atoms with E-state index in [1.807, 2.05) is 19.2 Å². The number of halogens is 1. The van der Waals surface area contributed by atoms with Gasteiger partial charge in [0.05, 0.1) is 6.10 Å². The topological polar surface area (TPSA) is 48.9 Å². The molecule has 2 heterocycles. The number of benzene rings is 1. The van der Waals surface area contributed by atoms with Crippen molar-refractivity contribution in [3.8, 4) is 0 Å². The zero-order chi connectivity index (χ0) is 19.7. The fraction of sp³-hybridized carbons (Fsp3) is 0.682. The number of hydrogen-bond donors (Lipinski definition) is 2. The second-order valence-electron chi connectivity index (χ2n) is 9.08. The van der Waals surface area contributed by atoms with Crippen LogP contribution < -0.4 is 10.6 Å². The minimum Gasteiger partial charge on any atom is -0.377 e. The summed E-state index contributed by atoms with van der Waals surface area (Å²) in [6, 6.07) is 7.71. The van der Waals surface area contributed by atoms with Crippen molar-refractivity contribution in [3.05, 3.63) is 35.6 Å². The molecule has 4 rings (SSSR count). The fourth-order valence-corrected chi connectivity index (χ4v) is 5.21. The number of hydrogen-bond acceptors (Lipinski definition) is 3.